The van der Waals surface area contributed by atoms with E-state index in [1.807, 2.05) is 95.8 Å². The lowest BCUT2D eigenvalue weighted by Gasteiger charge is -2.34. The van der Waals surface area contributed by atoms with Crippen LogP contribution in [0.25, 0.3) is 12.2 Å². The van der Waals surface area contributed by atoms with Gasteiger partial charge in [0, 0.05) is 122 Å². The zero-order valence-corrected chi connectivity index (χ0v) is 36.7. The molecule has 2 saturated heterocycles. The molecule has 4 aliphatic heterocycles. The summed E-state index contributed by atoms with van der Waals surface area (Å²) in [7, 11) is 0. The third-order valence-corrected chi connectivity index (χ3v) is 14.8. The zero-order valence-electron chi connectivity index (χ0n) is 36.7. The Bertz CT molecular complexity index is 2330. The number of amides is 2. The molecule has 8 atom stereocenters. The van der Waals surface area contributed by atoms with Gasteiger partial charge in [-0.1, -0.05) is 24.3 Å². The topological polar surface area (TPSA) is 175 Å². The van der Waals surface area contributed by atoms with E-state index in [4.69, 9.17) is 0 Å². The molecule has 2 aliphatic carbocycles. The van der Waals surface area contributed by atoms with E-state index >= 15 is 0 Å². The molecule has 0 bridgehead atoms. The van der Waals surface area contributed by atoms with Crippen molar-refractivity contribution in [2.45, 2.75) is 115 Å². The summed E-state index contributed by atoms with van der Waals surface area (Å²) in [5.74, 6) is -0.453. The predicted molar refractivity (Wildman–Crippen MR) is 243 cm³/mol. The zero-order chi connectivity index (χ0) is 44.5. The number of carbonyl (C=O) groups excluding carboxylic acids is 2. The average molecular weight is 869 g/mol. The summed E-state index contributed by atoms with van der Waals surface area (Å²) >= 11 is 0. The van der Waals surface area contributed by atoms with Crippen molar-refractivity contribution < 1.29 is 19.8 Å². The minimum absolute atomic E-state index is 0.00311. The molecule has 0 unspecified atom stereocenters. The van der Waals surface area contributed by atoms with E-state index in [0.29, 0.717) is 37.3 Å². The van der Waals surface area contributed by atoms with Gasteiger partial charge in [0.05, 0.1) is 24.2 Å². The number of aliphatic hydroxyl groups is 2. The third kappa shape index (κ3) is 8.10. The Morgan fingerprint density at radius 2 is 1.02 bits per heavy atom. The number of aromatic nitrogens is 4. The van der Waals surface area contributed by atoms with Gasteiger partial charge in [-0.25, -0.2) is 0 Å². The maximum atomic E-state index is 13.4. The Hall–Kier alpha value is -5.54. The van der Waals surface area contributed by atoms with Gasteiger partial charge in [-0.2, -0.15) is 0 Å². The summed E-state index contributed by atoms with van der Waals surface area (Å²) in [5.41, 5.74) is 5.29. The van der Waals surface area contributed by atoms with E-state index in [1.54, 1.807) is 24.8 Å². The van der Waals surface area contributed by atoms with Crippen molar-refractivity contribution in [3.63, 3.8) is 0 Å². The molecular formula is C50H60N8O6. The number of aliphatic hydroxyl groups excluding tert-OH is 2. The Balaban J connectivity index is 0.000000162. The number of nitrogens with one attached hydrogen (secondary N) is 2. The monoisotopic (exact) mass is 868 g/mol. The maximum Gasteiger partial charge on any atom is 0.258 e. The van der Waals surface area contributed by atoms with Crippen LogP contribution in [-0.2, 0) is 35.8 Å². The molecule has 0 radical (unpaired) electrons. The third-order valence-electron chi connectivity index (χ3n) is 14.8. The molecule has 14 nitrogen and oxygen atoms in total. The smallest absolute Gasteiger partial charge is 0.258 e. The van der Waals surface area contributed by atoms with Crippen molar-refractivity contribution in [2.24, 2.45) is 23.7 Å². The molecule has 0 spiro atoms. The molecule has 8 heterocycles. The number of pyridine rings is 4. The van der Waals surface area contributed by atoms with E-state index in [2.05, 4.69) is 30.4 Å². The fourth-order valence-electron chi connectivity index (χ4n) is 11.3. The number of hydrogen-bond acceptors (Lipinski definition) is 10. The highest BCUT2D eigenvalue weighted by Crippen LogP contribution is 2.51. The van der Waals surface area contributed by atoms with Gasteiger partial charge in [-0.3, -0.25) is 38.9 Å². The molecule has 4 aromatic rings. The Kier molecular flexibility index (Phi) is 12.9. The maximum absolute atomic E-state index is 13.4. The molecule has 336 valence electrons. The van der Waals surface area contributed by atoms with Crippen molar-refractivity contribution in [3.8, 4) is 0 Å². The number of hydrogen-bond donors (Lipinski definition) is 4. The van der Waals surface area contributed by atoms with Crippen LogP contribution in [0.1, 0.15) is 98.1 Å². The van der Waals surface area contributed by atoms with Crippen molar-refractivity contribution in [3.05, 3.63) is 140 Å². The average Bonchev–Trinajstić information content (AvgIpc) is 4.01. The molecule has 4 N–H and O–H groups in total. The number of allylic oxidation sites excluding steroid dienone is 2. The largest absolute Gasteiger partial charge is 0.396 e. The summed E-state index contributed by atoms with van der Waals surface area (Å²) < 4.78 is 3.68. The van der Waals surface area contributed by atoms with Crippen LogP contribution >= 0.6 is 0 Å². The number of rotatable bonds is 12. The summed E-state index contributed by atoms with van der Waals surface area (Å²) in [4.78, 5) is 65.6. The lowest BCUT2D eigenvalue weighted by Crippen LogP contribution is -2.52. The quantitative estimate of drug-likeness (QED) is 0.162. The van der Waals surface area contributed by atoms with Crippen LogP contribution < -0.4 is 21.8 Å². The van der Waals surface area contributed by atoms with Crippen LogP contribution in [0.5, 0.6) is 0 Å². The van der Waals surface area contributed by atoms with Crippen LogP contribution in [0.3, 0.4) is 0 Å². The molecule has 0 aromatic carbocycles. The van der Waals surface area contributed by atoms with Crippen LogP contribution in [0.2, 0.25) is 0 Å². The number of carbonyl (C=O) groups is 2. The molecule has 14 heteroatoms. The van der Waals surface area contributed by atoms with Gasteiger partial charge in [0.1, 0.15) is 0 Å². The van der Waals surface area contributed by atoms with Crippen LogP contribution in [-0.4, -0.2) is 88.3 Å². The second-order valence-corrected chi connectivity index (χ2v) is 18.4. The van der Waals surface area contributed by atoms with E-state index in [-0.39, 0.29) is 84.0 Å². The lowest BCUT2D eigenvalue weighted by molar-refractivity contribution is -0.130. The second kappa shape index (κ2) is 18.9. The summed E-state index contributed by atoms with van der Waals surface area (Å²) in [6, 6.07) is 15.0. The summed E-state index contributed by atoms with van der Waals surface area (Å²) in [6.45, 7) is 5.81. The van der Waals surface area contributed by atoms with Gasteiger partial charge in [-0.15, -0.1) is 0 Å². The van der Waals surface area contributed by atoms with Gasteiger partial charge < -0.3 is 30.0 Å². The van der Waals surface area contributed by atoms with Gasteiger partial charge in [0.15, 0.2) is 0 Å². The molecular weight excluding hydrogens is 809 g/mol. The molecule has 4 fully saturated rings. The van der Waals surface area contributed by atoms with Crippen molar-refractivity contribution in [1.29, 1.82) is 0 Å². The van der Waals surface area contributed by atoms with Crippen LogP contribution in [0.4, 0.5) is 0 Å². The molecule has 4 aromatic heterocycles. The highest BCUT2D eigenvalue weighted by atomic mass is 16.3. The summed E-state index contributed by atoms with van der Waals surface area (Å²) in [5, 5.41) is 27.2. The molecule has 64 heavy (non-hydrogen) atoms. The minimum Gasteiger partial charge on any atom is -0.396 e. The molecule has 2 amide bonds. The van der Waals surface area contributed by atoms with E-state index < -0.39 is 12.1 Å². The normalized spacial score (nSPS) is 27.3. The van der Waals surface area contributed by atoms with Gasteiger partial charge in [0.2, 0.25) is 11.8 Å². The van der Waals surface area contributed by atoms with Gasteiger partial charge in [0.25, 0.3) is 11.1 Å². The van der Waals surface area contributed by atoms with Crippen molar-refractivity contribution in [1.82, 2.24) is 39.5 Å². The van der Waals surface area contributed by atoms with Gasteiger partial charge in [-0.05, 0) is 112 Å². The lowest BCUT2D eigenvalue weighted by atomic mass is 9.87. The highest BCUT2D eigenvalue weighted by molar-refractivity contribution is 5.84. The standard InChI is InChI=1S/2C25H30N4O3/c2*1-2-4-17-7-8-21-22-19(14-28(21)25(17)32)20(15-30)23(24(31)27-18-5-3-6-18)29(22)13-16-9-11-26-12-10-16/h2*2,4,7-12,18-20,22-23,30H,3,5-6,13-15H2,1H3,(H,27,31)/b4-2+;4-2-/t2*19-,20-,22+,23-/m11/s1. The highest BCUT2D eigenvalue weighted by Gasteiger charge is 2.57. The molecule has 10 rings (SSSR count). The van der Waals surface area contributed by atoms with E-state index in [1.165, 1.54) is 0 Å². The molecule has 2 saturated carbocycles. The first kappa shape index (κ1) is 43.7. The fraction of sp³-hybridized carbons (Fsp3) is 0.480. The second-order valence-electron chi connectivity index (χ2n) is 18.4. The molecule has 6 aliphatic rings. The first-order valence-corrected chi connectivity index (χ1v) is 23.1. The van der Waals surface area contributed by atoms with Crippen LogP contribution in [0, 0.1) is 23.7 Å². The minimum atomic E-state index is -0.428. The van der Waals surface area contributed by atoms with Crippen LogP contribution in [0.15, 0.2) is 95.1 Å². The van der Waals surface area contributed by atoms with Crippen molar-refractivity contribution >= 4 is 24.0 Å². The Morgan fingerprint density at radius 1 is 0.625 bits per heavy atom. The number of fused-ring (bicyclic) bond motifs is 6. The predicted octanol–water partition coefficient (Wildman–Crippen LogP) is 4.22. The Morgan fingerprint density at radius 3 is 1.34 bits per heavy atom. The van der Waals surface area contributed by atoms with Gasteiger partial charge >= 0.3 is 0 Å². The SMILES string of the molecule is C/C=C/c1ccc2n(c1=O)C[C@@H]1[C@@H](CO)[C@H](C(=O)NC3CCC3)N(Cc3ccncc3)[C@H]21.C/C=C\c1ccc2n(c1=O)C[C@@H]1[C@@H](CO)[C@H](C(=O)NC3CCC3)N(Cc3ccncc3)[C@H]21. The number of nitrogens with zero attached hydrogens (tertiary/aromatic N) is 6. The number of likely N-dealkylation sites (tertiary alicyclic amines) is 2. The van der Waals surface area contributed by atoms with E-state index in [9.17, 15) is 29.4 Å². The first-order valence-electron chi connectivity index (χ1n) is 23.1. The summed E-state index contributed by atoms with van der Waals surface area (Å²) in [6.07, 6.45) is 20.8. The fourth-order valence-corrected chi connectivity index (χ4v) is 11.3. The Labute approximate surface area is 373 Å². The van der Waals surface area contributed by atoms with E-state index in [0.717, 1.165) is 61.0 Å². The first-order chi connectivity index (χ1) is 31.2. The van der Waals surface area contributed by atoms with Crippen molar-refractivity contribution in [2.75, 3.05) is 13.2 Å².